The number of aromatic nitrogens is 3. The molecule has 1 saturated heterocycles. The van der Waals surface area contributed by atoms with E-state index in [4.69, 9.17) is 4.98 Å². The molecular formula is C20H22N4O2. The Bertz CT molecular complexity index is 1000. The van der Waals surface area contributed by atoms with Crippen LogP contribution in [0.3, 0.4) is 0 Å². The van der Waals surface area contributed by atoms with Crippen molar-refractivity contribution < 1.29 is 4.79 Å². The van der Waals surface area contributed by atoms with E-state index < -0.39 is 0 Å². The van der Waals surface area contributed by atoms with Crippen molar-refractivity contribution in [2.45, 2.75) is 32.2 Å². The summed E-state index contributed by atoms with van der Waals surface area (Å²) >= 11 is 0. The number of amides is 1. The van der Waals surface area contributed by atoms with Crippen molar-refractivity contribution in [2.24, 2.45) is 0 Å². The monoisotopic (exact) mass is 350 g/mol. The Hall–Kier alpha value is -2.89. The number of hydrogen-bond acceptors (Lipinski definition) is 3. The fraction of sp³-hybridized carbons (Fsp3) is 0.350. The van der Waals surface area contributed by atoms with E-state index in [0.717, 1.165) is 36.2 Å². The van der Waals surface area contributed by atoms with Gasteiger partial charge in [-0.25, -0.2) is 4.98 Å². The molecule has 0 aliphatic carbocycles. The number of nitrogens with one attached hydrogen (secondary N) is 1. The van der Waals surface area contributed by atoms with Crippen LogP contribution >= 0.6 is 0 Å². The first-order valence-electron chi connectivity index (χ1n) is 8.99. The predicted octanol–water partition coefficient (Wildman–Crippen LogP) is 2.44. The molecule has 1 fully saturated rings. The van der Waals surface area contributed by atoms with E-state index in [0.29, 0.717) is 6.54 Å². The van der Waals surface area contributed by atoms with E-state index in [-0.39, 0.29) is 23.9 Å². The number of carbonyl (C=O) groups excluding carboxylic acids is 1. The van der Waals surface area contributed by atoms with Gasteiger partial charge in [0.15, 0.2) is 0 Å². The molecule has 26 heavy (non-hydrogen) atoms. The number of H-pyrrole nitrogens is 1. The molecule has 0 saturated carbocycles. The van der Waals surface area contributed by atoms with Gasteiger partial charge >= 0.3 is 0 Å². The first-order chi connectivity index (χ1) is 12.6. The smallest absolute Gasteiger partial charge is 0.250 e. The van der Waals surface area contributed by atoms with Gasteiger partial charge < -0.3 is 14.5 Å². The van der Waals surface area contributed by atoms with Gasteiger partial charge in [0.1, 0.15) is 12.4 Å². The third-order valence-corrected chi connectivity index (χ3v) is 5.02. The molecule has 0 radical (unpaired) electrons. The van der Waals surface area contributed by atoms with Crippen LogP contribution in [0.4, 0.5) is 0 Å². The van der Waals surface area contributed by atoms with Crippen molar-refractivity contribution in [3.63, 3.8) is 0 Å². The molecule has 6 heteroatoms. The number of carbonyl (C=O) groups is 1. The Morgan fingerprint density at radius 1 is 1.31 bits per heavy atom. The van der Waals surface area contributed by atoms with Gasteiger partial charge in [-0.3, -0.25) is 9.59 Å². The first kappa shape index (κ1) is 16.6. The second-order valence-electron chi connectivity index (χ2n) is 6.99. The van der Waals surface area contributed by atoms with Crippen molar-refractivity contribution in [1.82, 2.24) is 19.4 Å². The number of benzene rings is 1. The molecule has 1 N–H and O–H groups in total. The molecule has 3 aromatic rings. The normalized spacial score (nSPS) is 17.6. The lowest BCUT2D eigenvalue weighted by molar-refractivity contribution is -0.133. The highest BCUT2D eigenvalue weighted by molar-refractivity contribution is 5.77. The Kier molecular flexibility index (Phi) is 4.32. The number of hydrogen-bond donors (Lipinski definition) is 1. The first-order valence-corrected chi connectivity index (χ1v) is 8.99. The third-order valence-electron chi connectivity index (χ3n) is 5.02. The SMILES string of the molecule is Cc1ccc2nc([C@@H]3CCCN(C(=O)Cn4ccccc4=O)C3)[nH]c2c1. The van der Waals surface area contributed by atoms with Crippen LogP contribution in [-0.2, 0) is 11.3 Å². The van der Waals surface area contributed by atoms with Gasteiger partial charge in [-0.15, -0.1) is 0 Å². The number of pyridine rings is 1. The van der Waals surface area contributed by atoms with E-state index in [2.05, 4.69) is 24.0 Å². The lowest BCUT2D eigenvalue weighted by Gasteiger charge is -2.32. The minimum absolute atomic E-state index is 0.0186. The predicted molar refractivity (Wildman–Crippen MR) is 100 cm³/mol. The average Bonchev–Trinajstić information content (AvgIpc) is 3.07. The number of aromatic amines is 1. The molecule has 1 aliphatic heterocycles. The number of likely N-dealkylation sites (tertiary alicyclic amines) is 1. The Morgan fingerprint density at radius 3 is 3.04 bits per heavy atom. The summed E-state index contributed by atoms with van der Waals surface area (Å²) in [7, 11) is 0. The zero-order valence-corrected chi connectivity index (χ0v) is 14.8. The van der Waals surface area contributed by atoms with E-state index in [1.165, 1.54) is 16.2 Å². The number of rotatable bonds is 3. The van der Waals surface area contributed by atoms with Crippen LogP contribution in [0.2, 0.25) is 0 Å². The molecule has 1 atom stereocenters. The van der Waals surface area contributed by atoms with Gasteiger partial charge in [-0.1, -0.05) is 12.1 Å². The van der Waals surface area contributed by atoms with Crippen LogP contribution < -0.4 is 5.56 Å². The maximum absolute atomic E-state index is 12.6. The van der Waals surface area contributed by atoms with Crippen molar-refractivity contribution in [3.8, 4) is 0 Å². The summed E-state index contributed by atoms with van der Waals surface area (Å²) in [5.74, 6) is 1.13. The minimum Gasteiger partial charge on any atom is -0.342 e. The van der Waals surface area contributed by atoms with Crippen LogP contribution in [0.5, 0.6) is 0 Å². The lowest BCUT2D eigenvalue weighted by atomic mass is 9.97. The molecule has 4 rings (SSSR count). The van der Waals surface area contributed by atoms with Crippen molar-refractivity contribution in [1.29, 1.82) is 0 Å². The average molecular weight is 350 g/mol. The molecule has 134 valence electrons. The number of aryl methyl sites for hydroxylation is 1. The number of fused-ring (bicyclic) bond motifs is 1. The molecule has 1 aliphatic rings. The lowest BCUT2D eigenvalue weighted by Crippen LogP contribution is -2.42. The summed E-state index contributed by atoms with van der Waals surface area (Å²) in [6, 6.07) is 11.1. The summed E-state index contributed by atoms with van der Waals surface area (Å²) in [6.45, 7) is 3.52. The highest BCUT2D eigenvalue weighted by Crippen LogP contribution is 2.27. The maximum Gasteiger partial charge on any atom is 0.250 e. The molecular weight excluding hydrogens is 328 g/mol. The number of piperidine rings is 1. The van der Waals surface area contributed by atoms with Crippen molar-refractivity contribution in [3.05, 3.63) is 64.3 Å². The molecule has 0 unspecified atom stereocenters. The Labute approximate surface area is 151 Å². The van der Waals surface area contributed by atoms with Gasteiger partial charge in [0.2, 0.25) is 5.91 Å². The van der Waals surface area contributed by atoms with Gasteiger partial charge in [-0.2, -0.15) is 0 Å². The topological polar surface area (TPSA) is 71.0 Å². The number of nitrogens with zero attached hydrogens (tertiary/aromatic N) is 3. The minimum atomic E-state index is -0.151. The number of imidazole rings is 1. The molecule has 1 amide bonds. The largest absolute Gasteiger partial charge is 0.342 e. The van der Waals surface area contributed by atoms with Crippen LogP contribution in [0, 0.1) is 6.92 Å². The molecule has 0 spiro atoms. The highest BCUT2D eigenvalue weighted by Gasteiger charge is 2.26. The summed E-state index contributed by atoms with van der Waals surface area (Å²) in [5, 5.41) is 0. The van der Waals surface area contributed by atoms with Crippen LogP contribution in [0.25, 0.3) is 11.0 Å². The zero-order valence-electron chi connectivity index (χ0n) is 14.8. The molecule has 1 aromatic carbocycles. The van der Waals surface area contributed by atoms with Crippen molar-refractivity contribution >= 4 is 16.9 Å². The quantitative estimate of drug-likeness (QED) is 0.789. The van der Waals surface area contributed by atoms with Crippen LogP contribution in [0.15, 0.2) is 47.4 Å². The fourth-order valence-electron chi connectivity index (χ4n) is 3.60. The van der Waals surface area contributed by atoms with Crippen LogP contribution in [-0.4, -0.2) is 38.4 Å². The third kappa shape index (κ3) is 3.27. The highest BCUT2D eigenvalue weighted by atomic mass is 16.2. The van der Waals surface area contributed by atoms with Crippen molar-refractivity contribution in [2.75, 3.05) is 13.1 Å². The maximum atomic E-state index is 12.6. The van der Waals surface area contributed by atoms with E-state index in [1.807, 2.05) is 11.0 Å². The Balaban J connectivity index is 1.50. The summed E-state index contributed by atoms with van der Waals surface area (Å²) in [5.41, 5.74) is 3.05. The van der Waals surface area contributed by atoms with Gasteiger partial charge in [0, 0.05) is 31.3 Å². The summed E-state index contributed by atoms with van der Waals surface area (Å²) in [4.78, 5) is 34.5. The zero-order chi connectivity index (χ0) is 18.1. The standard InChI is InChI=1S/C20H22N4O2/c1-14-7-8-16-17(11-14)22-20(21-16)15-5-4-10-23(12-15)19(26)13-24-9-3-2-6-18(24)25/h2-3,6-9,11,15H,4-5,10,12-13H2,1H3,(H,21,22)/t15-/m1/s1. The molecule has 2 aromatic heterocycles. The van der Waals surface area contributed by atoms with Crippen LogP contribution in [0.1, 0.15) is 30.1 Å². The molecule has 0 bridgehead atoms. The van der Waals surface area contributed by atoms with E-state index in [9.17, 15) is 9.59 Å². The molecule has 6 nitrogen and oxygen atoms in total. The van der Waals surface area contributed by atoms with E-state index >= 15 is 0 Å². The Morgan fingerprint density at radius 2 is 2.19 bits per heavy atom. The second kappa shape index (κ2) is 6.78. The second-order valence-corrected chi connectivity index (χ2v) is 6.99. The van der Waals surface area contributed by atoms with E-state index in [1.54, 1.807) is 18.3 Å². The summed E-state index contributed by atoms with van der Waals surface area (Å²) in [6.07, 6.45) is 3.60. The fourth-order valence-corrected chi connectivity index (χ4v) is 3.60. The van der Waals surface area contributed by atoms with Gasteiger partial charge in [-0.05, 0) is 43.5 Å². The molecule has 3 heterocycles. The summed E-state index contributed by atoms with van der Waals surface area (Å²) < 4.78 is 1.45. The van der Waals surface area contributed by atoms with Gasteiger partial charge in [0.25, 0.3) is 5.56 Å². The van der Waals surface area contributed by atoms with Gasteiger partial charge in [0.05, 0.1) is 11.0 Å².